The van der Waals surface area contributed by atoms with Crippen molar-refractivity contribution in [2.45, 2.75) is 33.1 Å². The minimum absolute atomic E-state index is 0.227. The molecule has 0 atom stereocenters. The van der Waals surface area contributed by atoms with Gasteiger partial charge >= 0.3 is 12.0 Å². The molecular weight excluding hydrogens is 256 g/mol. The summed E-state index contributed by atoms with van der Waals surface area (Å²) in [7, 11) is 1.34. The molecule has 1 aromatic carbocycles. The number of benzene rings is 1. The minimum atomic E-state index is -0.385. The Morgan fingerprint density at radius 1 is 1.25 bits per heavy atom. The monoisotopic (exact) mass is 278 g/mol. The van der Waals surface area contributed by atoms with Gasteiger partial charge in [0.2, 0.25) is 0 Å². The topological polar surface area (TPSA) is 67.4 Å². The molecule has 110 valence electrons. The maximum Gasteiger partial charge on any atom is 0.337 e. The number of carbonyl (C=O) groups excluding carboxylic acids is 2. The van der Waals surface area contributed by atoms with Gasteiger partial charge in [-0.15, -0.1) is 0 Å². The first-order chi connectivity index (χ1) is 9.58. The molecule has 5 heteroatoms. The summed E-state index contributed by atoms with van der Waals surface area (Å²) in [6.45, 7) is 4.62. The number of amides is 2. The molecule has 0 aliphatic carbocycles. The van der Waals surface area contributed by atoms with Crippen molar-refractivity contribution >= 4 is 17.7 Å². The third-order valence-corrected chi connectivity index (χ3v) is 2.96. The van der Waals surface area contributed by atoms with Crippen LogP contribution in [-0.4, -0.2) is 25.7 Å². The van der Waals surface area contributed by atoms with Crippen molar-refractivity contribution in [3.8, 4) is 0 Å². The molecule has 5 nitrogen and oxygen atoms in total. The summed E-state index contributed by atoms with van der Waals surface area (Å²) < 4.78 is 4.65. The number of hydrogen-bond donors (Lipinski definition) is 2. The van der Waals surface area contributed by atoms with Crippen LogP contribution in [0, 0.1) is 6.92 Å². The quantitative estimate of drug-likeness (QED) is 0.620. The number of urea groups is 1. The Morgan fingerprint density at radius 2 is 2.00 bits per heavy atom. The average molecular weight is 278 g/mol. The molecule has 0 aliphatic rings. The maximum absolute atomic E-state index is 11.7. The van der Waals surface area contributed by atoms with Gasteiger partial charge in [0.25, 0.3) is 0 Å². The molecular formula is C15H22N2O3. The van der Waals surface area contributed by atoms with Crippen LogP contribution in [0.15, 0.2) is 18.2 Å². The fourth-order valence-electron chi connectivity index (χ4n) is 1.79. The highest BCUT2D eigenvalue weighted by atomic mass is 16.5. The van der Waals surface area contributed by atoms with Gasteiger partial charge in [0, 0.05) is 12.2 Å². The molecule has 0 unspecified atom stereocenters. The molecule has 0 aromatic heterocycles. The van der Waals surface area contributed by atoms with Crippen LogP contribution < -0.4 is 10.6 Å². The summed E-state index contributed by atoms with van der Waals surface area (Å²) in [4.78, 5) is 23.1. The normalized spacial score (nSPS) is 9.95. The first-order valence-electron chi connectivity index (χ1n) is 6.82. The van der Waals surface area contributed by atoms with Crippen molar-refractivity contribution in [3.63, 3.8) is 0 Å². The fraction of sp³-hybridized carbons (Fsp3) is 0.467. The van der Waals surface area contributed by atoms with Crippen molar-refractivity contribution in [1.29, 1.82) is 0 Å². The van der Waals surface area contributed by atoms with Crippen LogP contribution in [-0.2, 0) is 4.74 Å². The molecule has 0 spiro atoms. The Balaban J connectivity index is 2.55. The third kappa shape index (κ3) is 4.91. The average Bonchev–Trinajstić information content (AvgIpc) is 2.45. The minimum Gasteiger partial charge on any atom is -0.465 e. The predicted molar refractivity (Wildman–Crippen MR) is 79.1 cm³/mol. The van der Waals surface area contributed by atoms with Crippen LogP contribution >= 0.6 is 0 Å². The maximum atomic E-state index is 11.7. The van der Waals surface area contributed by atoms with E-state index in [0.29, 0.717) is 17.8 Å². The van der Waals surface area contributed by atoms with Crippen molar-refractivity contribution in [2.24, 2.45) is 0 Å². The van der Waals surface area contributed by atoms with Crippen LogP contribution in [0.3, 0.4) is 0 Å². The molecule has 2 N–H and O–H groups in total. The number of methoxy groups -OCH3 is 1. The van der Waals surface area contributed by atoms with E-state index in [0.717, 1.165) is 24.8 Å². The van der Waals surface area contributed by atoms with Gasteiger partial charge in [0.1, 0.15) is 0 Å². The summed E-state index contributed by atoms with van der Waals surface area (Å²) in [5, 5.41) is 5.57. The van der Waals surface area contributed by atoms with Gasteiger partial charge in [-0.25, -0.2) is 9.59 Å². The van der Waals surface area contributed by atoms with Gasteiger partial charge in [-0.3, -0.25) is 0 Å². The van der Waals surface area contributed by atoms with E-state index in [1.807, 2.05) is 6.92 Å². The first kappa shape index (κ1) is 16.0. The van der Waals surface area contributed by atoms with Gasteiger partial charge in [0.05, 0.1) is 12.7 Å². The number of ether oxygens (including phenoxy) is 1. The molecule has 0 heterocycles. The lowest BCUT2D eigenvalue weighted by Crippen LogP contribution is -2.29. The van der Waals surface area contributed by atoms with E-state index in [4.69, 9.17) is 0 Å². The fourth-order valence-corrected chi connectivity index (χ4v) is 1.79. The molecule has 2 amide bonds. The van der Waals surface area contributed by atoms with E-state index in [1.54, 1.807) is 18.2 Å². The zero-order chi connectivity index (χ0) is 15.0. The van der Waals surface area contributed by atoms with E-state index in [9.17, 15) is 9.59 Å². The lowest BCUT2D eigenvalue weighted by atomic mass is 10.1. The number of nitrogens with one attached hydrogen (secondary N) is 2. The van der Waals surface area contributed by atoms with Gasteiger partial charge < -0.3 is 15.4 Å². The standard InChI is InChI=1S/C15H22N2O3/c1-4-5-6-9-16-15(19)17-13-8-7-12(10-11(13)2)14(18)20-3/h7-8,10H,4-6,9H2,1-3H3,(H2,16,17,19). The van der Waals surface area contributed by atoms with E-state index in [1.165, 1.54) is 7.11 Å². The van der Waals surface area contributed by atoms with Crippen LogP contribution in [0.2, 0.25) is 0 Å². The smallest absolute Gasteiger partial charge is 0.337 e. The number of carbonyl (C=O) groups is 2. The number of anilines is 1. The number of unbranched alkanes of at least 4 members (excludes halogenated alkanes) is 2. The predicted octanol–water partition coefficient (Wildman–Crippen LogP) is 3.09. The van der Waals surface area contributed by atoms with Crippen LogP contribution in [0.4, 0.5) is 10.5 Å². The second-order valence-electron chi connectivity index (χ2n) is 4.61. The Morgan fingerprint density at radius 3 is 2.60 bits per heavy atom. The first-order valence-corrected chi connectivity index (χ1v) is 6.82. The number of rotatable bonds is 6. The highest BCUT2D eigenvalue weighted by molar-refractivity contribution is 5.93. The zero-order valence-electron chi connectivity index (χ0n) is 12.3. The molecule has 0 saturated heterocycles. The van der Waals surface area contributed by atoms with Crippen molar-refractivity contribution in [3.05, 3.63) is 29.3 Å². The molecule has 1 aromatic rings. The van der Waals surface area contributed by atoms with Crippen molar-refractivity contribution < 1.29 is 14.3 Å². The van der Waals surface area contributed by atoms with E-state index < -0.39 is 0 Å². The summed E-state index contributed by atoms with van der Waals surface area (Å²) >= 11 is 0. The third-order valence-electron chi connectivity index (χ3n) is 2.96. The summed E-state index contributed by atoms with van der Waals surface area (Å²) in [5.41, 5.74) is 1.97. The van der Waals surface area contributed by atoms with Crippen LogP contribution in [0.5, 0.6) is 0 Å². The Hall–Kier alpha value is -2.04. The van der Waals surface area contributed by atoms with E-state index >= 15 is 0 Å². The second kappa shape index (κ2) is 8.19. The summed E-state index contributed by atoms with van der Waals surface area (Å²) in [6.07, 6.45) is 3.20. The zero-order valence-corrected chi connectivity index (χ0v) is 12.3. The lowest BCUT2D eigenvalue weighted by molar-refractivity contribution is 0.0600. The van der Waals surface area contributed by atoms with Crippen molar-refractivity contribution in [2.75, 3.05) is 19.0 Å². The van der Waals surface area contributed by atoms with E-state index in [-0.39, 0.29) is 12.0 Å². The Labute approximate surface area is 119 Å². The lowest BCUT2D eigenvalue weighted by Gasteiger charge is -2.10. The number of hydrogen-bond acceptors (Lipinski definition) is 3. The van der Waals surface area contributed by atoms with Gasteiger partial charge in [-0.1, -0.05) is 19.8 Å². The number of esters is 1. The Kier molecular flexibility index (Phi) is 6.56. The molecule has 0 fully saturated rings. The molecule has 20 heavy (non-hydrogen) atoms. The summed E-state index contributed by atoms with van der Waals surface area (Å²) in [6, 6.07) is 4.80. The highest BCUT2D eigenvalue weighted by Gasteiger charge is 2.09. The summed E-state index contributed by atoms with van der Waals surface area (Å²) in [5.74, 6) is -0.385. The molecule has 0 bridgehead atoms. The molecule has 0 radical (unpaired) electrons. The number of aryl methyl sites for hydroxylation is 1. The van der Waals surface area contributed by atoms with Crippen LogP contribution in [0.25, 0.3) is 0 Å². The van der Waals surface area contributed by atoms with Gasteiger partial charge in [-0.05, 0) is 37.1 Å². The van der Waals surface area contributed by atoms with Crippen LogP contribution in [0.1, 0.15) is 42.1 Å². The second-order valence-corrected chi connectivity index (χ2v) is 4.61. The van der Waals surface area contributed by atoms with Crippen molar-refractivity contribution in [1.82, 2.24) is 5.32 Å². The van der Waals surface area contributed by atoms with Gasteiger partial charge in [0.15, 0.2) is 0 Å². The molecule has 0 saturated carbocycles. The highest BCUT2D eigenvalue weighted by Crippen LogP contribution is 2.17. The Bertz CT molecular complexity index is 472. The molecule has 0 aliphatic heterocycles. The van der Waals surface area contributed by atoms with Gasteiger partial charge in [-0.2, -0.15) is 0 Å². The van der Waals surface area contributed by atoms with E-state index in [2.05, 4.69) is 22.3 Å². The SMILES string of the molecule is CCCCCNC(=O)Nc1ccc(C(=O)OC)cc1C. The molecule has 1 rings (SSSR count). The largest absolute Gasteiger partial charge is 0.465 e.